The average Bonchev–Trinajstić information content (AvgIpc) is 3.01. The van der Waals surface area contributed by atoms with Gasteiger partial charge in [0.15, 0.2) is 0 Å². The average molecular weight is 398 g/mol. The Morgan fingerprint density at radius 1 is 0.889 bits per heavy atom. The number of rotatable bonds is 4. The Hall–Kier alpha value is -2.83. The molecule has 7 heteroatoms. The summed E-state index contributed by atoms with van der Waals surface area (Å²) in [5.41, 5.74) is 2.02. The van der Waals surface area contributed by atoms with Crippen molar-refractivity contribution in [2.75, 3.05) is 4.31 Å². The van der Waals surface area contributed by atoms with Crippen LogP contribution in [0.1, 0.15) is 0 Å². The van der Waals surface area contributed by atoms with E-state index in [9.17, 15) is 8.42 Å². The fraction of sp³-hybridized carbons (Fsp3) is 0.0500. The van der Waals surface area contributed by atoms with E-state index >= 15 is 0 Å². The molecular weight excluding hydrogens is 382 g/mol. The number of benzene rings is 3. The van der Waals surface area contributed by atoms with Crippen molar-refractivity contribution < 1.29 is 8.42 Å². The molecule has 0 saturated carbocycles. The molecule has 3 aromatic carbocycles. The number of halogens is 1. The van der Waals surface area contributed by atoms with Crippen LogP contribution < -0.4 is 4.31 Å². The number of hydrogen-bond acceptors (Lipinski definition) is 3. The fourth-order valence-corrected chi connectivity index (χ4v) is 4.57. The van der Waals surface area contributed by atoms with E-state index in [0.717, 1.165) is 11.0 Å². The van der Waals surface area contributed by atoms with E-state index in [2.05, 4.69) is 4.98 Å². The Morgan fingerprint density at radius 3 is 2.19 bits per heavy atom. The molecule has 1 aromatic heterocycles. The molecule has 0 aliphatic carbocycles. The maximum absolute atomic E-state index is 13.5. The Balaban J connectivity index is 1.99. The monoisotopic (exact) mass is 397 g/mol. The third-order valence-corrected chi connectivity index (χ3v) is 6.26. The van der Waals surface area contributed by atoms with Gasteiger partial charge >= 0.3 is 0 Å². The summed E-state index contributed by atoms with van der Waals surface area (Å²) in [6.45, 7) is 0. The second-order valence-electron chi connectivity index (χ2n) is 6.02. The second-order valence-corrected chi connectivity index (χ2v) is 8.24. The minimum Gasteiger partial charge on any atom is -0.312 e. The molecule has 0 aliphatic rings. The lowest BCUT2D eigenvalue weighted by Crippen LogP contribution is -2.28. The third-order valence-electron chi connectivity index (χ3n) is 4.29. The van der Waals surface area contributed by atoms with Gasteiger partial charge in [0.25, 0.3) is 10.0 Å². The molecule has 0 fully saturated rings. The number of para-hydroxylation sites is 2. The Bertz CT molecular complexity index is 1200. The van der Waals surface area contributed by atoms with Crippen molar-refractivity contribution >= 4 is 44.3 Å². The predicted octanol–water partition coefficient (Wildman–Crippen LogP) is 4.75. The molecule has 0 saturated heterocycles. The van der Waals surface area contributed by atoms with E-state index in [1.807, 2.05) is 24.3 Å². The van der Waals surface area contributed by atoms with Crippen LogP contribution in [-0.4, -0.2) is 18.0 Å². The van der Waals surface area contributed by atoms with Gasteiger partial charge in [0, 0.05) is 12.1 Å². The molecule has 0 N–H and O–H groups in total. The summed E-state index contributed by atoms with van der Waals surface area (Å²) >= 11 is 6.00. The first-order valence-electron chi connectivity index (χ1n) is 8.26. The maximum Gasteiger partial charge on any atom is 0.271 e. The van der Waals surface area contributed by atoms with Gasteiger partial charge in [0.1, 0.15) is 0 Å². The molecule has 0 radical (unpaired) electrons. The van der Waals surface area contributed by atoms with Crippen LogP contribution in [0.2, 0.25) is 5.02 Å². The lowest BCUT2D eigenvalue weighted by Gasteiger charge is -2.23. The first kappa shape index (κ1) is 17.6. The topological polar surface area (TPSA) is 55.2 Å². The molecule has 0 amide bonds. The van der Waals surface area contributed by atoms with Crippen molar-refractivity contribution in [1.29, 1.82) is 0 Å². The van der Waals surface area contributed by atoms with Gasteiger partial charge in [0.2, 0.25) is 5.95 Å². The van der Waals surface area contributed by atoms with E-state index in [-0.39, 0.29) is 4.90 Å². The highest BCUT2D eigenvalue weighted by Crippen LogP contribution is 2.34. The van der Waals surface area contributed by atoms with Gasteiger partial charge in [-0.25, -0.2) is 17.7 Å². The number of aromatic nitrogens is 2. The van der Waals surface area contributed by atoms with E-state index < -0.39 is 10.0 Å². The molecule has 136 valence electrons. The van der Waals surface area contributed by atoms with Gasteiger partial charge in [-0.2, -0.15) is 0 Å². The number of sulfonamides is 1. The Labute approximate surface area is 162 Å². The standard InChI is InChI=1S/C20H16ClN3O2S/c1-23-19-10-6-5-9-18(19)22-20(23)24(16-13-11-15(21)12-14-16)27(25,26)17-7-3-2-4-8-17/h2-14H,1H3. The summed E-state index contributed by atoms with van der Waals surface area (Å²) in [6.07, 6.45) is 0. The maximum atomic E-state index is 13.5. The van der Waals surface area contributed by atoms with Crippen molar-refractivity contribution in [3.05, 3.63) is 83.9 Å². The van der Waals surface area contributed by atoms with E-state index in [4.69, 9.17) is 11.6 Å². The molecular formula is C20H16ClN3O2S. The van der Waals surface area contributed by atoms with E-state index in [1.165, 1.54) is 4.31 Å². The van der Waals surface area contributed by atoms with Crippen LogP contribution in [0.15, 0.2) is 83.8 Å². The van der Waals surface area contributed by atoms with Crippen molar-refractivity contribution in [3.8, 4) is 0 Å². The van der Waals surface area contributed by atoms with E-state index in [1.54, 1.807) is 66.2 Å². The second kappa shape index (κ2) is 6.72. The zero-order chi connectivity index (χ0) is 19.0. The number of hydrogen-bond donors (Lipinski definition) is 0. The summed E-state index contributed by atoms with van der Waals surface area (Å²) in [4.78, 5) is 4.77. The molecule has 0 atom stereocenters. The number of nitrogens with zero attached hydrogens (tertiary/aromatic N) is 3. The van der Waals surface area contributed by atoms with E-state index in [0.29, 0.717) is 16.7 Å². The largest absolute Gasteiger partial charge is 0.312 e. The van der Waals surface area contributed by atoms with Crippen molar-refractivity contribution in [3.63, 3.8) is 0 Å². The molecule has 0 aliphatic heterocycles. The summed E-state index contributed by atoms with van der Waals surface area (Å²) in [5, 5.41) is 0.529. The quantitative estimate of drug-likeness (QED) is 0.499. The van der Waals surface area contributed by atoms with Gasteiger partial charge in [-0.15, -0.1) is 0 Å². The first-order valence-corrected chi connectivity index (χ1v) is 10.1. The molecule has 0 spiro atoms. The van der Waals surface area contributed by atoms with Gasteiger partial charge in [-0.05, 0) is 48.5 Å². The zero-order valence-electron chi connectivity index (χ0n) is 14.4. The van der Waals surface area contributed by atoms with Crippen LogP contribution in [0.3, 0.4) is 0 Å². The highest BCUT2D eigenvalue weighted by Gasteiger charge is 2.30. The highest BCUT2D eigenvalue weighted by atomic mass is 35.5. The minimum atomic E-state index is -3.88. The number of anilines is 2. The van der Waals surface area contributed by atoms with Crippen LogP contribution in [-0.2, 0) is 17.1 Å². The molecule has 27 heavy (non-hydrogen) atoms. The lowest BCUT2D eigenvalue weighted by molar-refractivity contribution is 0.595. The van der Waals surface area contributed by atoms with Crippen molar-refractivity contribution in [2.24, 2.45) is 7.05 Å². The molecule has 4 aromatic rings. The van der Waals surface area contributed by atoms with Crippen molar-refractivity contribution in [1.82, 2.24) is 9.55 Å². The highest BCUT2D eigenvalue weighted by molar-refractivity contribution is 7.93. The fourth-order valence-electron chi connectivity index (χ4n) is 2.95. The summed E-state index contributed by atoms with van der Waals surface area (Å²) in [7, 11) is -2.08. The molecule has 5 nitrogen and oxygen atoms in total. The third kappa shape index (κ3) is 3.07. The SMILES string of the molecule is Cn1c(N(c2ccc(Cl)cc2)S(=O)(=O)c2ccccc2)nc2ccccc21. The van der Waals surface area contributed by atoms with Crippen LogP contribution in [0, 0.1) is 0 Å². The van der Waals surface area contributed by atoms with Crippen molar-refractivity contribution in [2.45, 2.75) is 4.90 Å². The Morgan fingerprint density at radius 2 is 1.52 bits per heavy atom. The molecule has 1 heterocycles. The summed E-state index contributed by atoms with van der Waals surface area (Å²) < 4.78 is 30.0. The van der Waals surface area contributed by atoms with Gasteiger partial charge in [-0.3, -0.25) is 0 Å². The number of imidazole rings is 1. The summed E-state index contributed by atoms with van der Waals surface area (Å²) in [6, 6.07) is 22.5. The molecule has 0 bridgehead atoms. The zero-order valence-corrected chi connectivity index (χ0v) is 16.0. The summed E-state index contributed by atoms with van der Waals surface area (Å²) in [5.74, 6) is 0.308. The van der Waals surface area contributed by atoms with Crippen LogP contribution >= 0.6 is 11.6 Å². The molecule has 4 rings (SSSR count). The lowest BCUT2D eigenvalue weighted by atomic mass is 10.3. The van der Waals surface area contributed by atoms with Crippen LogP contribution in [0.4, 0.5) is 11.6 Å². The first-order chi connectivity index (χ1) is 13.0. The van der Waals surface area contributed by atoms with Crippen LogP contribution in [0.5, 0.6) is 0 Å². The van der Waals surface area contributed by atoms with Gasteiger partial charge < -0.3 is 4.57 Å². The number of fused-ring (bicyclic) bond motifs is 1. The minimum absolute atomic E-state index is 0.187. The molecule has 0 unspecified atom stereocenters. The van der Waals surface area contributed by atoms with Crippen LogP contribution in [0.25, 0.3) is 11.0 Å². The Kier molecular flexibility index (Phi) is 4.37. The van der Waals surface area contributed by atoms with Gasteiger partial charge in [-0.1, -0.05) is 41.9 Å². The normalized spacial score (nSPS) is 11.6. The number of aryl methyl sites for hydroxylation is 1. The predicted molar refractivity (Wildman–Crippen MR) is 108 cm³/mol. The smallest absolute Gasteiger partial charge is 0.271 e. The van der Waals surface area contributed by atoms with Gasteiger partial charge in [0.05, 0.1) is 21.6 Å².